The van der Waals surface area contributed by atoms with Crippen LogP contribution in [0.2, 0.25) is 0 Å². The van der Waals surface area contributed by atoms with Crippen molar-refractivity contribution in [1.29, 1.82) is 0 Å². The van der Waals surface area contributed by atoms with Crippen molar-refractivity contribution in [3.63, 3.8) is 0 Å². The SMILES string of the molecule is CSCCC(NC(=O)C(CC(=O)O)NC(=O)C(Cc1c[nH]c2ccccc12)NC(=O)C(N)Cc1c[nH]c2ccccc12)C(=O)O. The maximum Gasteiger partial charge on any atom is 0.326 e. The molecule has 2 aromatic carbocycles. The van der Waals surface area contributed by atoms with Gasteiger partial charge in [-0.3, -0.25) is 19.2 Å². The molecule has 9 N–H and O–H groups in total. The lowest BCUT2D eigenvalue weighted by atomic mass is 10.0. The fourth-order valence-electron chi connectivity index (χ4n) is 5.06. The predicted molar refractivity (Wildman–Crippen MR) is 171 cm³/mol. The van der Waals surface area contributed by atoms with E-state index in [1.54, 1.807) is 18.6 Å². The molecular formula is C31H36N6O7S. The van der Waals surface area contributed by atoms with Crippen LogP contribution in [-0.4, -0.2) is 86.0 Å². The summed E-state index contributed by atoms with van der Waals surface area (Å²) >= 11 is 1.39. The van der Waals surface area contributed by atoms with Crippen molar-refractivity contribution in [2.24, 2.45) is 5.73 Å². The van der Waals surface area contributed by atoms with E-state index in [4.69, 9.17) is 5.73 Å². The number of thioether (sulfide) groups is 1. The largest absolute Gasteiger partial charge is 0.481 e. The number of carboxylic acid groups (broad SMARTS) is 2. The number of hydrogen-bond donors (Lipinski definition) is 8. The summed E-state index contributed by atoms with van der Waals surface area (Å²) in [6.45, 7) is 0. The van der Waals surface area contributed by atoms with E-state index in [1.165, 1.54) is 11.8 Å². The van der Waals surface area contributed by atoms with Gasteiger partial charge in [0, 0.05) is 40.6 Å². The molecule has 3 amide bonds. The van der Waals surface area contributed by atoms with Gasteiger partial charge in [-0.05, 0) is 48.1 Å². The molecule has 0 bridgehead atoms. The van der Waals surface area contributed by atoms with Crippen LogP contribution in [0.3, 0.4) is 0 Å². The fraction of sp³-hybridized carbons (Fsp3) is 0.323. The maximum atomic E-state index is 13.7. The van der Waals surface area contributed by atoms with Crippen LogP contribution in [0.1, 0.15) is 24.0 Å². The number of carbonyl (C=O) groups is 5. The van der Waals surface area contributed by atoms with Gasteiger partial charge in [-0.1, -0.05) is 36.4 Å². The summed E-state index contributed by atoms with van der Waals surface area (Å²) in [6.07, 6.45) is 4.72. The maximum absolute atomic E-state index is 13.7. The molecule has 13 nitrogen and oxygen atoms in total. The molecule has 0 aliphatic carbocycles. The van der Waals surface area contributed by atoms with Crippen LogP contribution in [0.5, 0.6) is 0 Å². The summed E-state index contributed by atoms with van der Waals surface area (Å²) in [4.78, 5) is 69.6. The second kappa shape index (κ2) is 15.3. The summed E-state index contributed by atoms with van der Waals surface area (Å²) in [6, 6.07) is 9.77. The van der Waals surface area contributed by atoms with Crippen molar-refractivity contribution < 1.29 is 34.2 Å². The lowest BCUT2D eigenvalue weighted by Gasteiger charge is -2.24. The molecule has 0 spiro atoms. The van der Waals surface area contributed by atoms with Crippen LogP contribution in [0.4, 0.5) is 0 Å². The van der Waals surface area contributed by atoms with Crippen LogP contribution in [-0.2, 0) is 36.8 Å². The third kappa shape index (κ3) is 8.64. The van der Waals surface area contributed by atoms with Gasteiger partial charge in [-0.15, -0.1) is 0 Å². The molecule has 4 atom stereocenters. The second-order valence-corrected chi connectivity index (χ2v) is 11.6. The Kier molecular flexibility index (Phi) is 11.2. The topological polar surface area (TPSA) is 219 Å². The first-order chi connectivity index (χ1) is 21.6. The zero-order valence-electron chi connectivity index (χ0n) is 24.5. The number of nitrogens with one attached hydrogen (secondary N) is 5. The molecular weight excluding hydrogens is 600 g/mol. The number of benzene rings is 2. The lowest BCUT2D eigenvalue weighted by molar-refractivity contribution is -0.143. The van der Waals surface area contributed by atoms with Crippen molar-refractivity contribution in [1.82, 2.24) is 25.9 Å². The van der Waals surface area contributed by atoms with Gasteiger partial charge in [0.2, 0.25) is 17.7 Å². The summed E-state index contributed by atoms with van der Waals surface area (Å²) in [5.74, 6) is -4.65. The molecule has 45 heavy (non-hydrogen) atoms. The highest BCUT2D eigenvalue weighted by Gasteiger charge is 2.32. The minimum absolute atomic E-state index is 0.00568. The Balaban J connectivity index is 1.55. The van der Waals surface area contributed by atoms with E-state index in [0.29, 0.717) is 11.3 Å². The Morgan fingerprint density at radius 2 is 1.27 bits per heavy atom. The number of H-pyrrole nitrogens is 2. The number of nitrogens with two attached hydrogens (primary N) is 1. The number of carbonyl (C=O) groups excluding carboxylic acids is 3. The van der Waals surface area contributed by atoms with Gasteiger partial charge in [0.1, 0.15) is 18.1 Å². The van der Waals surface area contributed by atoms with Gasteiger partial charge in [0.25, 0.3) is 0 Å². The third-order valence-corrected chi connectivity index (χ3v) is 8.06. The molecule has 2 aromatic heterocycles. The molecule has 0 saturated heterocycles. The lowest BCUT2D eigenvalue weighted by Crippen LogP contribution is -2.58. The average Bonchev–Trinajstić information content (AvgIpc) is 3.62. The van der Waals surface area contributed by atoms with Crippen molar-refractivity contribution in [2.45, 2.75) is 49.9 Å². The number of hydrogen-bond acceptors (Lipinski definition) is 7. The molecule has 14 heteroatoms. The molecule has 0 radical (unpaired) electrons. The number of para-hydroxylation sites is 2. The highest BCUT2D eigenvalue weighted by molar-refractivity contribution is 7.98. The molecule has 0 saturated carbocycles. The first kappa shape index (κ1) is 33.1. The molecule has 0 aliphatic rings. The van der Waals surface area contributed by atoms with E-state index < -0.39 is 60.2 Å². The fourth-order valence-corrected chi connectivity index (χ4v) is 5.53. The highest BCUT2D eigenvalue weighted by atomic mass is 32.2. The van der Waals surface area contributed by atoms with E-state index in [-0.39, 0.29) is 19.3 Å². The molecule has 2 heterocycles. The Bertz CT molecular complexity index is 1680. The molecule has 0 fully saturated rings. The van der Waals surface area contributed by atoms with E-state index in [9.17, 15) is 34.2 Å². The summed E-state index contributed by atoms with van der Waals surface area (Å²) in [5, 5.41) is 28.1. The van der Waals surface area contributed by atoms with Gasteiger partial charge in [-0.25, -0.2) is 4.79 Å². The zero-order valence-corrected chi connectivity index (χ0v) is 25.4. The van der Waals surface area contributed by atoms with Crippen LogP contribution < -0.4 is 21.7 Å². The highest BCUT2D eigenvalue weighted by Crippen LogP contribution is 2.21. The molecule has 0 aliphatic heterocycles. The Morgan fingerprint density at radius 1 is 0.756 bits per heavy atom. The number of rotatable bonds is 16. The average molecular weight is 637 g/mol. The van der Waals surface area contributed by atoms with Crippen molar-refractivity contribution >= 4 is 63.2 Å². The van der Waals surface area contributed by atoms with Crippen molar-refractivity contribution in [3.05, 3.63) is 72.1 Å². The van der Waals surface area contributed by atoms with Gasteiger partial charge >= 0.3 is 11.9 Å². The van der Waals surface area contributed by atoms with Gasteiger partial charge in [0.15, 0.2) is 0 Å². The van der Waals surface area contributed by atoms with Crippen LogP contribution in [0.15, 0.2) is 60.9 Å². The van der Waals surface area contributed by atoms with Crippen LogP contribution in [0, 0.1) is 0 Å². The Hall–Kier alpha value is -4.82. The first-order valence-corrected chi connectivity index (χ1v) is 15.7. The minimum atomic E-state index is -1.60. The standard InChI is InChI=1S/C31H36N6O7S/c1-45-11-10-24(31(43)44)35-30(42)26(14-27(38)39)37-29(41)25(13-18-16-34-23-9-5-3-7-20(18)23)36-28(40)21(32)12-17-15-33-22-8-4-2-6-19(17)22/h2-9,15-16,21,24-26,33-34H,10-14,32H2,1H3,(H,35,42)(H,36,40)(H,37,41)(H,38,39)(H,43,44). The van der Waals surface area contributed by atoms with Crippen LogP contribution in [0.25, 0.3) is 21.8 Å². The molecule has 4 unspecified atom stereocenters. The molecule has 4 aromatic rings. The van der Waals surface area contributed by atoms with E-state index in [0.717, 1.165) is 27.4 Å². The monoisotopic (exact) mass is 636 g/mol. The van der Waals surface area contributed by atoms with Crippen molar-refractivity contribution in [3.8, 4) is 0 Å². The minimum Gasteiger partial charge on any atom is -0.481 e. The number of carboxylic acids is 2. The number of amides is 3. The smallest absolute Gasteiger partial charge is 0.326 e. The van der Waals surface area contributed by atoms with Gasteiger partial charge < -0.3 is 41.9 Å². The predicted octanol–water partition coefficient (Wildman–Crippen LogP) is 1.53. The summed E-state index contributed by atoms with van der Waals surface area (Å²) in [7, 11) is 0. The third-order valence-electron chi connectivity index (χ3n) is 7.42. The Labute approximate surface area is 262 Å². The van der Waals surface area contributed by atoms with Crippen LogP contribution >= 0.6 is 11.8 Å². The van der Waals surface area contributed by atoms with E-state index in [2.05, 4.69) is 25.9 Å². The Morgan fingerprint density at radius 3 is 1.82 bits per heavy atom. The number of fused-ring (bicyclic) bond motifs is 2. The number of aromatic nitrogens is 2. The van der Waals surface area contributed by atoms with Crippen molar-refractivity contribution in [2.75, 3.05) is 12.0 Å². The summed E-state index contributed by atoms with van der Waals surface area (Å²) < 4.78 is 0. The van der Waals surface area contributed by atoms with Gasteiger partial charge in [-0.2, -0.15) is 11.8 Å². The second-order valence-electron chi connectivity index (χ2n) is 10.6. The van der Waals surface area contributed by atoms with E-state index >= 15 is 0 Å². The first-order valence-electron chi connectivity index (χ1n) is 14.3. The molecule has 238 valence electrons. The number of aromatic amines is 2. The number of aliphatic carboxylic acids is 2. The van der Waals surface area contributed by atoms with E-state index in [1.807, 2.05) is 48.5 Å². The molecule has 4 rings (SSSR count). The van der Waals surface area contributed by atoms with Gasteiger partial charge in [0.05, 0.1) is 12.5 Å². The quantitative estimate of drug-likeness (QED) is 0.0892. The normalized spacial score (nSPS) is 13.9. The zero-order chi connectivity index (χ0) is 32.5. The summed E-state index contributed by atoms with van der Waals surface area (Å²) in [5.41, 5.74) is 9.49.